The molecule has 0 unspecified atom stereocenters. The van der Waals surface area contributed by atoms with Crippen LogP contribution < -0.4 is 5.73 Å². The Balaban J connectivity index is 2.82. The van der Waals surface area contributed by atoms with Crippen molar-refractivity contribution in [3.63, 3.8) is 0 Å². The number of carbonyl (C=O) groups is 1. The summed E-state index contributed by atoms with van der Waals surface area (Å²) in [7, 11) is 3.30. The van der Waals surface area contributed by atoms with E-state index in [1.165, 1.54) is 4.90 Å². The number of carbonyl (C=O) groups excluding carboxylic acids is 1. The fourth-order valence-electron chi connectivity index (χ4n) is 0.739. The van der Waals surface area contributed by atoms with Crippen molar-refractivity contribution in [2.75, 3.05) is 14.1 Å². The molecule has 1 aromatic heterocycles. The highest BCUT2D eigenvalue weighted by Crippen LogP contribution is 2.03. The molecule has 0 radical (unpaired) electrons. The van der Waals surface area contributed by atoms with Crippen molar-refractivity contribution < 1.29 is 9.32 Å². The molecule has 0 aliphatic carbocycles. The summed E-state index contributed by atoms with van der Waals surface area (Å²) in [6, 6.07) is 1.54. The molecule has 0 atom stereocenters. The molecule has 5 nitrogen and oxygen atoms in total. The Kier molecular flexibility index (Phi) is 2.44. The van der Waals surface area contributed by atoms with Gasteiger partial charge < -0.3 is 15.2 Å². The molecule has 1 aromatic rings. The van der Waals surface area contributed by atoms with Gasteiger partial charge in [-0.25, -0.2) is 0 Å². The third-order valence-corrected chi connectivity index (χ3v) is 1.39. The van der Waals surface area contributed by atoms with Gasteiger partial charge in [0.1, 0.15) is 0 Å². The van der Waals surface area contributed by atoms with Crippen LogP contribution in [0.3, 0.4) is 0 Å². The summed E-state index contributed by atoms with van der Waals surface area (Å²) in [5.74, 6) is 0.332. The Morgan fingerprint density at radius 1 is 1.75 bits per heavy atom. The lowest BCUT2D eigenvalue weighted by atomic mass is 10.3. The van der Waals surface area contributed by atoms with Gasteiger partial charge in [-0.05, 0) is 0 Å². The van der Waals surface area contributed by atoms with Crippen LogP contribution in [0.25, 0.3) is 0 Å². The molecule has 0 spiro atoms. The maximum absolute atomic E-state index is 11.2. The van der Waals surface area contributed by atoms with Gasteiger partial charge in [-0.1, -0.05) is 5.16 Å². The second-order valence-corrected chi connectivity index (χ2v) is 2.58. The second-order valence-electron chi connectivity index (χ2n) is 2.58. The molecule has 0 aromatic carbocycles. The first-order valence-electron chi connectivity index (χ1n) is 3.52. The zero-order valence-corrected chi connectivity index (χ0v) is 7.07. The molecule has 0 fully saturated rings. The molecule has 0 aliphatic heterocycles. The van der Waals surface area contributed by atoms with Crippen LogP contribution in [-0.4, -0.2) is 30.1 Å². The third-order valence-electron chi connectivity index (χ3n) is 1.39. The highest BCUT2D eigenvalue weighted by Gasteiger charge is 2.12. The average Bonchev–Trinajstić information content (AvgIpc) is 2.50. The lowest BCUT2D eigenvalue weighted by molar-refractivity contribution is 0.0817. The van der Waals surface area contributed by atoms with Gasteiger partial charge in [0.25, 0.3) is 5.91 Å². The van der Waals surface area contributed by atoms with Crippen LogP contribution >= 0.6 is 0 Å². The van der Waals surface area contributed by atoms with Crippen molar-refractivity contribution >= 4 is 5.91 Å². The summed E-state index contributed by atoms with van der Waals surface area (Å²) in [6.45, 7) is 0.258. The molecular formula is C7H11N3O2. The molecule has 66 valence electrons. The molecule has 12 heavy (non-hydrogen) atoms. The maximum atomic E-state index is 11.2. The highest BCUT2D eigenvalue weighted by atomic mass is 16.5. The molecule has 0 saturated heterocycles. The fourth-order valence-corrected chi connectivity index (χ4v) is 0.739. The van der Waals surface area contributed by atoms with Crippen molar-refractivity contribution in [2.24, 2.45) is 5.73 Å². The third kappa shape index (κ3) is 1.62. The van der Waals surface area contributed by atoms with Gasteiger partial charge in [-0.15, -0.1) is 0 Å². The van der Waals surface area contributed by atoms with Crippen molar-refractivity contribution in [3.05, 3.63) is 17.5 Å². The molecule has 2 N–H and O–H groups in total. The van der Waals surface area contributed by atoms with Crippen LogP contribution in [0, 0.1) is 0 Å². The zero-order chi connectivity index (χ0) is 9.14. The van der Waals surface area contributed by atoms with E-state index in [1.54, 1.807) is 20.2 Å². The minimum atomic E-state index is -0.182. The number of aromatic nitrogens is 1. The Hall–Kier alpha value is -1.36. The average molecular weight is 169 g/mol. The molecular weight excluding hydrogens is 158 g/mol. The van der Waals surface area contributed by atoms with Gasteiger partial charge in [-0.3, -0.25) is 4.79 Å². The van der Waals surface area contributed by atoms with Gasteiger partial charge in [0.05, 0.1) is 6.54 Å². The smallest absolute Gasteiger partial charge is 0.275 e. The first-order chi connectivity index (χ1) is 5.65. The van der Waals surface area contributed by atoms with Crippen molar-refractivity contribution in [3.8, 4) is 0 Å². The quantitative estimate of drug-likeness (QED) is 0.667. The first kappa shape index (κ1) is 8.73. The van der Waals surface area contributed by atoms with Crippen LogP contribution in [0.1, 0.15) is 16.2 Å². The van der Waals surface area contributed by atoms with Crippen LogP contribution in [0.4, 0.5) is 0 Å². The molecule has 0 saturated carbocycles. The lowest BCUT2D eigenvalue weighted by Gasteiger charge is -2.05. The summed E-state index contributed by atoms with van der Waals surface area (Å²) < 4.78 is 4.76. The first-order valence-corrected chi connectivity index (χ1v) is 3.52. The van der Waals surface area contributed by atoms with E-state index in [-0.39, 0.29) is 12.5 Å². The summed E-state index contributed by atoms with van der Waals surface area (Å²) in [4.78, 5) is 12.7. The fraction of sp³-hybridized carbons (Fsp3) is 0.429. The van der Waals surface area contributed by atoms with Crippen molar-refractivity contribution in [2.45, 2.75) is 6.54 Å². The van der Waals surface area contributed by atoms with Gasteiger partial charge >= 0.3 is 0 Å². The summed E-state index contributed by atoms with van der Waals surface area (Å²) in [5, 5.41) is 3.56. The van der Waals surface area contributed by atoms with Gasteiger partial charge in [0.2, 0.25) is 0 Å². The summed E-state index contributed by atoms with van der Waals surface area (Å²) in [5.41, 5.74) is 5.57. The minimum absolute atomic E-state index is 0.182. The highest BCUT2D eigenvalue weighted by molar-refractivity contribution is 5.91. The van der Waals surface area contributed by atoms with E-state index in [0.29, 0.717) is 11.5 Å². The van der Waals surface area contributed by atoms with Crippen LogP contribution in [0.15, 0.2) is 10.6 Å². The standard InChI is InChI=1S/C7H11N3O2/c1-10(2)7(11)6-3-5(4-8)12-9-6/h3H,4,8H2,1-2H3. The SMILES string of the molecule is CN(C)C(=O)c1cc(CN)on1. The predicted molar refractivity (Wildman–Crippen MR) is 42.4 cm³/mol. The summed E-state index contributed by atoms with van der Waals surface area (Å²) >= 11 is 0. The van der Waals surface area contributed by atoms with E-state index in [4.69, 9.17) is 10.3 Å². The van der Waals surface area contributed by atoms with Gasteiger partial charge in [-0.2, -0.15) is 0 Å². The number of rotatable bonds is 2. The van der Waals surface area contributed by atoms with E-state index in [2.05, 4.69) is 5.16 Å². The number of hydrogen-bond acceptors (Lipinski definition) is 4. The number of nitrogens with zero attached hydrogens (tertiary/aromatic N) is 2. The molecule has 0 aliphatic rings. The normalized spacial score (nSPS) is 9.92. The Labute approximate surface area is 70.1 Å². The van der Waals surface area contributed by atoms with Crippen LogP contribution in [-0.2, 0) is 6.54 Å². The van der Waals surface area contributed by atoms with E-state index < -0.39 is 0 Å². The van der Waals surface area contributed by atoms with E-state index >= 15 is 0 Å². The van der Waals surface area contributed by atoms with E-state index in [1.807, 2.05) is 0 Å². The largest absolute Gasteiger partial charge is 0.359 e. The summed E-state index contributed by atoms with van der Waals surface area (Å²) in [6.07, 6.45) is 0. The topological polar surface area (TPSA) is 72.4 Å². The van der Waals surface area contributed by atoms with Crippen LogP contribution in [0.2, 0.25) is 0 Å². The maximum Gasteiger partial charge on any atom is 0.275 e. The number of hydrogen-bond donors (Lipinski definition) is 1. The molecule has 5 heteroatoms. The van der Waals surface area contributed by atoms with E-state index in [9.17, 15) is 4.79 Å². The van der Waals surface area contributed by atoms with Gasteiger partial charge in [0, 0.05) is 20.2 Å². The molecule has 1 rings (SSSR count). The van der Waals surface area contributed by atoms with Crippen molar-refractivity contribution in [1.82, 2.24) is 10.1 Å². The second kappa shape index (κ2) is 3.36. The monoisotopic (exact) mass is 169 g/mol. The Bertz CT molecular complexity index is 280. The zero-order valence-electron chi connectivity index (χ0n) is 7.07. The molecule has 1 heterocycles. The van der Waals surface area contributed by atoms with E-state index in [0.717, 1.165) is 0 Å². The number of amides is 1. The van der Waals surface area contributed by atoms with Gasteiger partial charge in [0.15, 0.2) is 11.5 Å². The Morgan fingerprint density at radius 3 is 2.83 bits per heavy atom. The molecule has 1 amide bonds. The number of nitrogens with two attached hydrogens (primary N) is 1. The Morgan fingerprint density at radius 2 is 2.42 bits per heavy atom. The van der Waals surface area contributed by atoms with Crippen LogP contribution in [0.5, 0.6) is 0 Å². The minimum Gasteiger partial charge on any atom is -0.359 e. The predicted octanol–water partition coefficient (Wildman–Crippen LogP) is -0.165. The molecule has 0 bridgehead atoms. The van der Waals surface area contributed by atoms with Crippen molar-refractivity contribution in [1.29, 1.82) is 0 Å². The lowest BCUT2D eigenvalue weighted by Crippen LogP contribution is -2.21.